The van der Waals surface area contributed by atoms with Crippen molar-refractivity contribution >= 4 is 34.0 Å². The van der Waals surface area contributed by atoms with E-state index in [1.807, 2.05) is 54.6 Å². The molecule has 0 saturated carbocycles. The zero-order valence-electron chi connectivity index (χ0n) is 18.8. The number of benzene rings is 2. The number of nitrogens with one attached hydrogen (secondary N) is 1. The molecule has 9 heteroatoms. The summed E-state index contributed by atoms with van der Waals surface area (Å²) < 4.78 is 5.29. The van der Waals surface area contributed by atoms with Crippen LogP contribution in [-0.4, -0.2) is 33.7 Å². The third-order valence-corrected chi connectivity index (χ3v) is 6.93. The highest BCUT2D eigenvalue weighted by molar-refractivity contribution is 7.15. The number of carbonyl (C=O) groups is 2. The standard InChI is InChI=1S/C25H23N5O3S/c1-3-16-9-11-19(12-10-16)30-14-18(13-20(30)31)24-27-28-25(34-24)26-23(32)21-15(2)33-29-22(21)17-7-5-4-6-8-17/h4-12,18H,3,13-14H2,1-2H3,(H,26,28,32)/t18-/m1/s1. The molecule has 0 aliphatic carbocycles. The van der Waals surface area contributed by atoms with Gasteiger partial charge in [0.1, 0.15) is 22.0 Å². The SMILES string of the molecule is CCc1ccc(N2C[C@H](c3nnc(NC(=O)c4c(-c5ccccc5)noc4C)s3)CC2=O)cc1. The van der Waals surface area contributed by atoms with Gasteiger partial charge in [0.2, 0.25) is 11.0 Å². The highest BCUT2D eigenvalue weighted by Gasteiger charge is 2.34. The normalized spacial score (nSPS) is 15.6. The summed E-state index contributed by atoms with van der Waals surface area (Å²) in [7, 11) is 0. The number of anilines is 2. The maximum atomic E-state index is 13.0. The van der Waals surface area contributed by atoms with Gasteiger partial charge in [0, 0.05) is 30.1 Å². The molecule has 1 N–H and O–H groups in total. The van der Waals surface area contributed by atoms with E-state index in [2.05, 4.69) is 27.6 Å². The topological polar surface area (TPSA) is 101 Å². The molecule has 0 bridgehead atoms. The zero-order chi connectivity index (χ0) is 23.7. The minimum absolute atomic E-state index is 0.0580. The molecule has 2 amide bonds. The molecular weight excluding hydrogens is 450 g/mol. The first-order chi connectivity index (χ1) is 16.5. The van der Waals surface area contributed by atoms with E-state index in [1.54, 1.807) is 11.8 Å². The van der Waals surface area contributed by atoms with E-state index in [1.165, 1.54) is 16.9 Å². The van der Waals surface area contributed by atoms with Gasteiger partial charge in [-0.25, -0.2) is 0 Å². The summed E-state index contributed by atoms with van der Waals surface area (Å²) in [5.74, 6) is 0.0500. The molecule has 5 rings (SSSR count). The van der Waals surface area contributed by atoms with E-state index in [9.17, 15) is 9.59 Å². The lowest BCUT2D eigenvalue weighted by molar-refractivity contribution is -0.117. The Labute approximate surface area is 200 Å². The first kappa shape index (κ1) is 22.0. The molecule has 3 heterocycles. The summed E-state index contributed by atoms with van der Waals surface area (Å²) in [6.45, 7) is 4.34. The van der Waals surface area contributed by atoms with Gasteiger partial charge in [-0.3, -0.25) is 14.9 Å². The molecule has 8 nitrogen and oxygen atoms in total. The van der Waals surface area contributed by atoms with Gasteiger partial charge >= 0.3 is 0 Å². The van der Waals surface area contributed by atoms with Crippen LogP contribution in [0.1, 0.15) is 46.0 Å². The number of carbonyl (C=O) groups excluding carboxylic acids is 2. The Hall–Kier alpha value is -3.85. The Morgan fingerprint density at radius 2 is 1.91 bits per heavy atom. The van der Waals surface area contributed by atoms with E-state index in [-0.39, 0.29) is 17.7 Å². The molecule has 1 aliphatic rings. The quantitative estimate of drug-likeness (QED) is 0.430. The van der Waals surface area contributed by atoms with Crippen LogP contribution in [0.15, 0.2) is 59.1 Å². The second-order valence-corrected chi connectivity index (χ2v) is 9.16. The Bertz CT molecular complexity index is 1330. The average molecular weight is 474 g/mol. The van der Waals surface area contributed by atoms with Gasteiger partial charge in [0.15, 0.2) is 0 Å². The minimum Gasteiger partial charge on any atom is -0.360 e. The van der Waals surface area contributed by atoms with E-state index in [0.29, 0.717) is 35.1 Å². The lowest BCUT2D eigenvalue weighted by Crippen LogP contribution is -2.24. The Balaban J connectivity index is 1.30. The molecule has 1 aliphatic heterocycles. The average Bonchev–Trinajstić information content (AvgIpc) is 3.58. The molecule has 1 saturated heterocycles. The second-order valence-electron chi connectivity index (χ2n) is 8.15. The summed E-state index contributed by atoms with van der Waals surface area (Å²) in [4.78, 5) is 27.5. The van der Waals surface area contributed by atoms with E-state index < -0.39 is 0 Å². The molecule has 0 spiro atoms. The second kappa shape index (κ2) is 9.18. The Morgan fingerprint density at radius 3 is 2.65 bits per heavy atom. The van der Waals surface area contributed by atoms with Crippen LogP contribution in [0.4, 0.5) is 10.8 Å². The number of amides is 2. The van der Waals surface area contributed by atoms with Crippen LogP contribution in [0.25, 0.3) is 11.3 Å². The van der Waals surface area contributed by atoms with Crippen molar-refractivity contribution in [3.63, 3.8) is 0 Å². The van der Waals surface area contributed by atoms with Crippen molar-refractivity contribution in [1.29, 1.82) is 0 Å². The van der Waals surface area contributed by atoms with E-state index in [4.69, 9.17) is 4.52 Å². The van der Waals surface area contributed by atoms with Crippen molar-refractivity contribution in [2.75, 3.05) is 16.8 Å². The number of aromatic nitrogens is 3. The molecule has 34 heavy (non-hydrogen) atoms. The molecule has 2 aromatic heterocycles. The van der Waals surface area contributed by atoms with Crippen molar-refractivity contribution in [2.45, 2.75) is 32.6 Å². The number of hydrogen-bond donors (Lipinski definition) is 1. The fourth-order valence-electron chi connectivity index (χ4n) is 4.08. The lowest BCUT2D eigenvalue weighted by atomic mass is 10.1. The third-order valence-electron chi connectivity index (χ3n) is 5.93. The summed E-state index contributed by atoms with van der Waals surface area (Å²) in [6, 6.07) is 17.5. The molecule has 172 valence electrons. The van der Waals surface area contributed by atoms with Crippen molar-refractivity contribution in [3.05, 3.63) is 76.5 Å². The maximum absolute atomic E-state index is 13.0. The number of aryl methyl sites for hydroxylation is 2. The number of nitrogens with zero attached hydrogens (tertiary/aromatic N) is 4. The van der Waals surface area contributed by atoms with Crippen LogP contribution in [0.5, 0.6) is 0 Å². The van der Waals surface area contributed by atoms with Gasteiger partial charge in [-0.15, -0.1) is 10.2 Å². The lowest BCUT2D eigenvalue weighted by Gasteiger charge is -2.16. The highest BCUT2D eigenvalue weighted by Crippen LogP contribution is 2.35. The fourth-order valence-corrected chi connectivity index (χ4v) is 4.91. The summed E-state index contributed by atoms with van der Waals surface area (Å²) >= 11 is 1.28. The van der Waals surface area contributed by atoms with E-state index in [0.717, 1.165) is 22.7 Å². The van der Waals surface area contributed by atoms with Crippen LogP contribution < -0.4 is 10.2 Å². The first-order valence-corrected chi connectivity index (χ1v) is 11.9. The summed E-state index contributed by atoms with van der Waals surface area (Å²) in [5.41, 5.74) is 3.75. The third kappa shape index (κ3) is 4.22. The van der Waals surface area contributed by atoms with Crippen molar-refractivity contribution in [2.24, 2.45) is 0 Å². The predicted molar refractivity (Wildman–Crippen MR) is 130 cm³/mol. The van der Waals surface area contributed by atoms with Gasteiger partial charge in [-0.1, -0.05) is 65.9 Å². The summed E-state index contributed by atoms with van der Waals surface area (Å²) in [5, 5.41) is 16.4. The number of rotatable bonds is 6. The van der Waals surface area contributed by atoms with Gasteiger partial charge in [0.05, 0.1) is 0 Å². The van der Waals surface area contributed by atoms with Crippen LogP contribution in [0.2, 0.25) is 0 Å². The van der Waals surface area contributed by atoms with Crippen LogP contribution in [-0.2, 0) is 11.2 Å². The van der Waals surface area contributed by atoms with Gasteiger partial charge < -0.3 is 9.42 Å². The summed E-state index contributed by atoms with van der Waals surface area (Å²) in [6.07, 6.45) is 1.32. The fraction of sp³-hybridized carbons (Fsp3) is 0.240. The van der Waals surface area contributed by atoms with Crippen LogP contribution in [0.3, 0.4) is 0 Å². The van der Waals surface area contributed by atoms with Crippen molar-refractivity contribution in [1.82, 2.24) is 15.4 Å². The maximum Gasteiger partial charge on any atom is 0.263 e. The molecule has 1 fully saturated rings. The largest absolute Gasteiger partial charge is 0.360 e. The molecular formula is C25H23N5O3S. The predicted octanol–water partition coefficient (Wildman–Crippen LogP) is 4.84. The van der Waals surface area contributed by atoms with Gasteiger partial charge in [-0.2, -0.15) is 0 Å². The first-order valence-electron chi connectivity index (χ1n) is 11.1. The number of hydrogen-bond acceptors (Lipinski definition) is 7. The zero-order valence-corrected chi connectivity index (χ0v) is 19.6. The molecule has 2 aromatic carbocycles. The van der Waals surface area contributed by atoms with Crippen molar-refractivity contribution < 1.29 is 14.1 Å². The van der Waals surface area contributed by atoms with E-state index >= 15 is 0 Å². The Morgan fingerprint density at radius 1 is 1.15 bits per heavy atom. The monoisotopic (exact) mass is 473 g/mol. The van der Waals surface area contributed by atoms with Crippen molar-refractivity contribution in [3.8, 4) is 11.3 Å². The van der Waals surface area contributed by atoms with Gasteiger partial charge in [-0.05, 0) is 31.0 Å². The molecule has 1 atom stereocenters. The Kier molecular flexibility index (Phi) is 5.93. The molecule has 0 radical (unpaired) electrons. The minimum atomic E-state index is -0.361. The molecule has 4 aromatic rings. The van der Waals surface area contributed by atoms with Crippen LogP contribution >= 0.6 is 11.3 Å². The van der Waals surface area contributed by atoms with Gasteiger partial charge in [0.25, 0.3) is 5.91 Å². The smallest absolute Gasteiger partial charge is 0.263 e. The van der Waals surface area contributed by atoms with Crippen LogP contribution in [0, 0.1) is 6.92 Å². The highest BCUT2D eigenvalue weighted by atomic mass is 32.1. The molecule has 0 unspecified atom stereocenters.